The molecule has 0 bridgehead atoms. The van der Waals surface area contributed by atoms with E-state index in [1.54, 1.807) is 0 Å². The summed E-state index contributed by atoms with van der Waals surface area (Å²) in [6.45, 7) is 4.41. The Bertz CT molecular complexity index is 1980. The third-order valence-electron chi connectivity index (χ3n) is 9.80. The van der Waals surface area contributed by atoms with Gasteiger partial charge in [0.25, 0.3) is 0 Å². The van der Waals surface area contributed by atoms with Crippen molar-refractivity contribution in [2.45, 2.75) is 97.0 Å². The van der Waals surface area contributed by atoms with Crippen LogP contribution in [0.25, 0.3) is 44.2 Å². The molecule has 50 heavy (non-hydrogen) atoms. The van der Waals surface area contributed by atoms with Crippen molar-refractivity contribution in [1.29, 1.82) is 0 Å². The molecule has 2 heterocycles. The van der Waals surface area contributed by atoms with Gasteiger partial charge in [0.2, 0.25) is 0 Å². The highest BCUT2D eigenvalue weighted by molar-refractivity contribution is 5.83. The molecule has 0 aliphatic rings. The molecule has 0 saturated heterocycles. The summed E-state index contributed by atoms with van der Waals surface area (Å²) in [4.78, 5) is 25.9. The van der Waals surface area contributed by atoms with Crippen LogP contribution >= 0.6 is 0 Å². The van der Waals surface area contributed by atoms with Crippen LogP contribution < -0.4 is 11.3 Å². The number of hydrogen-bond donors (Lipinski definition) is 1. The van der Waals surface area contributed by atoms with E-state index in [1.165, 1.54) is 49.7 Å². The van der Waals surface area contributed by atoms with Crippen molar-refractivity contribution in [2.24, 2.45) is 0 Å². The zero-order valence-corrected chi connectivity index (χ0v) is 29.4. The summed E-state index contributed by atoms with van der Waals surface area (Å²) >= 11 is 0. The van der Waals surface area contributed by atoms with Gasteiger partial charge in [0.05, 0.1) is 17.2 Å². The second-order valence-electron chi connectivity index (χ2n) is 13.7. The first-order chi connectivity index (χ1) is 24.4. The van der Waals surface area contributed by atoms with Crippen LogP contribution in [-0.4, -0.2) is 11.2 Å². The molecule has 4 aromatic carbocycles. The molecule has 0 radical (unpaired) electrons. The maximum Gasteiger partial charge on any atom is 0.344 e. The monoisotopic (exact) mass is 668 g/mol. The van der Waals surface area contributed by atoms with Crippen LogP contribution in [0.4, 0.5) is 0 Å². The zero-order valence-electron chi connectivity index (χ0n) is 29.4. The lowest BCUT2D eigenvalue weighted by Crippen LogP contribution is -2.09. The number of fused-ring (bicyclic) bond motifs is 2. The minimum absolute atomic E-state index is 0.345. The van der Waals surface area contributed by atoms with Gasteiger partial charge in [-0.2, -0.15) is 0 Å². The highest BCUT2D eigenvalue weighted by Gasteiger charge is 2.12. The van der Waals surface area contributed by atoms with E-state index < -0.39 is 6.10 Å². The first-order valence-corrected chi connectivity index (χ1v) is 18.4. The van der Waals surface area contributed by atoms with Gasteiger partial charge in [-0.3, -0.25) is 0 Å². The number of rotatable bonds is 16. The third kappa shape index (κ3) is 8.88. The molecule has 1 N–H and O–H groups in total. The summed E-state index contributed by atoms with van der Waals surface area (Å²) in [5.74, 6) is 0. The smallest absolute Gasteiger partial charge is 0.344 e. The van der Waals surface area contributed by atoms with Crippen molar-refractivity contribution >= 4 is 21.9 Å². The Balaban J connectivity index is 1.04. The molecule has 0 fully saturated rings. The summed E-state index contributed by atoms with van der Waals surface area (Å²) in [6.07, 6.45) is 11.3. The molecule has 0 aliphatic heterocycles. The lowest BCUT2D eigenvalue weighted by atomic mass is 9.98. The Labute approximate surface area is 294 Å². The van der Waals surface area contributed by atoms with Gasteiger partial charge in [-0.1, -0.05) is 112 Å². The van der Waals surface area contributed by atoms with Gasteiger partial charge in [0.1, 0.15) is 11.2 Å². The number of aliphatic hydroxyl groups is 1. The van der Waals surface area contributed by atoms with Crippen molar-refractivity contribution in [3.8, 4) is 22.3 Å². The van der Waals surface area contributed by atoms with E-state index in [4.69, 9.17) is 8.83 Å². The highest BCUT2D eigenvalue weighted by atomic mass is 16.4. The second-order valence-corrected chi connectivity index (χ2v) is 13.7. The molecule has 6 rings (SSSR count). The topological polar surface area (TPSA) is 80.7 Å². The first kappa shape index (κ1) is 35.1. The average Bonchev–Trinajstić information content (AvgIpc) is 3.13. The van der Waals surface area contributed by atoms with E-state index in [0.29, 0.717) is 48.0 Å². The number of benzene rings is 4. The highest BCUT2D eigenvalue weighted by Crippen LogP contribution is 2.26. The minimum Gasteiger partial charge on any atom is -0.422 e. The Morgan fingerprint density at radius 3 is 1.30 bits per heavy atom. The van der Waals surface area contributed by atoms with E-state index in [-0.39, 0.29) is 11.3 Å². The minimum atomic E-state index is -0.500. The summed E-state index contributed by atoms with van der Waals surface area (Å²) in [5, 5.41) is 12.6. The number of aryl methyl sites for hydroxylation is 4. The molecule has 258 valence electrons. The van der Waals surface area contributed by atoms with E-state index >= 15 is 0 Å². The fourth-order valence-corrected chi connectivity index (χ4v) is 6.70. The van der Waals surface area contributed by atoms with Crippen molar-refractivity contribution in [3.63, 3.8) is 0 Å². The Morgan fingerprint density at radius 1 is 0.500 bits per heavy atom. The maximum absolute atomic E-state index is 12.9. The largest absolute Gasteiger partial charge is 0.422 e. The van der Waals surface area contributed by atoms with E-state index in [2.05, 4.69) is 38.1 Å². The van der Waals surface area contributed by atoms with E-state index in [0.717, 1.165) is 45.9 Å². The van der Waals surface area contributed by atoms with Crippen LogP contribution in [-0.2, 0) is 25.7 Å². The molecule has 0 amide bonds. The molecule has 6 aromatic rings. The number of hydrogen-bond acceptors (Lipinski definition) is 5. The molecule has 0 unspecified atom stereocenters. The fourth-order valence-electron chi connectivity index (χ4n) is 6.70. The summed E-state index contributed by atoms with van der Waals surface area (Å²) in [6, 6.07) is 32.1. The van der Waals surface area contributed by atoms with Crippen molar-refractivity contribution in [3.05, 3.63) is 140 Å². The molecule has 5 nitrogen and oxygen atoms in total. The van der Waals surface area contributed by atoms with E-state index in [9.17, 15) is 14.7 Å². The van der Waals surface area contributed by atoms with Crippen molar-refractivity contribution in [2.75, 3.05) is 0 Å². The molecule has 0 aliphatic carbocycles. The SMILES string of the molecule is CCCCCc1ccc(-c2cc3ccc(CCC(O)CCc4ccc5cc(-c6ccc(CCCCC)cc6)c(=O)oc5c4)cc3oc2=O)cc1. The molecular formula is C45H48O5. The molecule has 0 spiro atoms. The van der Waals surface area contributed by atoms with Gasteiger partial charge in [-0.15, -0.1) is 0 Å². The molecule has 0 saturated carbocycles. The van der Waals surface area contributed by atoms with Crippen LogP contribution in [0.3, 0.4) is 0 Å². The zero-order chi connectivity index (χ0) is 34.9. The molecular weight excluding hydrogens is 620 g/mol. The lowest BCUT2D eigenvalue weighted by molar-refractivity contribution is 0.155. The van der Waals surface area contributed by atoms with Crippen LogP contribution in [0.1, 0.15) is 87.5 Å². The summed E-state index contributed by atoms with van der Waals surface area (Å²) in [5.41, 5.74) is 7.88. The molecule has 2 aromatic heterocycles. The third-order valence-corrected chi connectivity index (χ3v) is 9.80. The first-order valence-electron chi connectivity index (χ1n) is 18.4. The standard InChI is InChI=1S/C45H48O5/c1-3-5-7-9-31-11-19-35(20-12-31)40-29-37-23-15-33(27-42(37)49-44(40)47)17-25-39(46)26-18-34-16-24-38-30-41(45(48)50-43(38)28-34)36-21-13-32(14-22-36)10-8-6-4-2/h11-16,19-24,27-30,39,46H,3-10,17-18,25-26H2,1-2H3. The quantitative estimate of drug-likeness (QED) is 0.0820. The van der Waals surface area contributed by atoms with Gasteiger partial charge >= 0.3 is 11.3 Å². The van der Waals surface area contributed by atoms with E-state index in [1.807, 2.05) is 72.8 Å². The predicted molar refractivity (Wildman–Crippen MR) is 205 cm³/mol. The van der Waals surface area contributed by atoms with Gasteiger partial charge in [0.15, 0.2) is 0 Å². The van der Waals surface area contributed by atoms with Gasteiger partial charge in [0, 0.05) is 10.8 Å². The van der Waals surface area contributed by atoms with Crippen LogP contribution in [0.5, 0.6) is 0 Å². The number of aliphatic hydroxyl groups excluding tert-OH is 1. The average molecular weight is 669 g/mol. The lowest BCUT2D eigenvalue weighted by Gasteiger charge is -2.12. The predicted octanol–water partition coefficient (Wildman–Crippen LogP) is 10.6. The van der Waals surface area contributed by atoms with Crippen LogP contribution in [0.2, 0.25) is 0 Å². The summed E-state index contributed by atoms with van der Waals surface area (Å²) < 4.78 is 11.5. The second kappa shape index (κ2) is 16.8. The fraction of sp³-hybridized carbons (Fsp3) is 0.333. The molecule has 5 heteroatoms. The van der Waals surface area contributed by atoms with Gasteiger partial charge in [-0.05, 0) is 109 Å². The maximum atomic E-state index is 12.9. The number of unbranched alkanes of at least 4 members (excludes halogenated alkanes) is 4. The Kier molecular flexibility index (Phi) is 11.8. The van der Waals surface area contributed by atoms with Crippen molar-refractivity contribution in [1.82, 2.24) is 0 Å². The van der Waals surface area contributed by atoms with Crippen LogP contribution in [0.15, 0.2) is 115 Å². The Hall–Kier alpha value is -4.74. The van der Waals surface area contributed by atoms with Crippen molar-refractivity contribution < 1.29 is 13.9 Å². The van der Waals surface area contributed by atoms with Gasteiger partial charge < -0.3 is 13.9 Å². The summed E-state index contributed by atoms with van der Waals surface area (Å²) in [7, 11) is 0. The van der Waals surface area contributed by atoms with Gasteiger partial charge in [-0.25, -0.2) is 9.59 Å². The normalized spacial score (nSPS) is 11.6. The molecule has 0 atom stereocenters. The van der Waals surface area contributed by atoms with Crippen LogP contribution in [0, 0.1) is 0 Å². The Morgan fingerprint density at radius 2 is 0.900 bits per heavy atom.